The number of piperazine rings is 1. The van der Waals surface area contributed by atoms with Crippen LogP contribution in [0.4, 0.5) is 10.2 Å². The molecule has 8 heteroatoms. The van der Waals surface area contributed by atoms with Crippen LogP contribution in [0.15, 0.2) is 66.7 Å². The summed E-state index contributed by atoms with van der Waals surface area (Å²) in [6, 6.07) is 18.8. The van der Waals surface area contributed by atoms with Gasteiger partial charge in [-0.15, -0.1) is 0 Å². The van der Waals surface area contributed by atoms with Gasteiger partial charge in [0.25, 0.3) is 11.8 Å². The predicted molar refractivity (Wildman–Crippen MR) is 124 cm³/mol. The van der Waals surface area contributed by atoms with Gasteiger partial charge >= 0.3 is 0 Å². The van der Waals surface area contributed by atoms with Gasteiger partial charge in [0, 0.05) is 37.3 Å². The summed E-state index contributed by atoms with van der Waals surface area (Å²) in [6.45, 7) is 1.75. The number of halogens is 1. The Balaban J connectivity index is 1.26. The number of anilines is 1. The minimum Gasteiger partial charge on any atom is -0.382 e. The third-order valence-corrected chi connectivity index (χ3v) is 6.01. The summed E-state index contributed by atoms with van der Waals surface area (Å²) >= 11 is 0. The predicted octanol–water partition coefficient (Wildman–Crippen LogP) is 3.55. The van der Waals surface area contributed by atoms with Crippen LogP contribution in [0.5, 0.6) is 0 Å². The van der Waals surface area contributed by atoms with Crippen molar-refractivity contribution in [2.75, 3.05) is 31.9 Å². The number of amides is 2. The number of aromatic amines is 1. The summed E-state index contributed by atoms with van der Waals surface area (Å²) in [5.74, 6) is -0.165. The van der Waals surface area contributed by atoms with Crippen LogP contribution in [0.25, 0.3) is 22.0 Å². The van der Waals surface area contributed by atoms with Crippen molar-refractivity contribution >= 4 is 28.5 Å². The zero-order valence-corrected chi connectivity index (χ0v) is 17.8. The molecule has 0 radical (unpaired) electrons. The van der Waals surface area contributed by atoms with Crippen molar-refractivity contribution in [2.24, 2.45) is 0 Å². The van der Waals surface area contributed by atoms with Gasteiger partial charge in [-0.05, 0) is 53.6 Å². The molecule has 0 bridgehead atoms. The van der Waals surface area contributed by atoms with Crippen molar-refractivity contribution in [1.82, 2.24) is 20.0 Å². The van der Waals surface area contributed by atoms with Crippen molar-refractivity contribution in [3.05, 3.63) is 83.7 Å². The molecule has 1 aromatic heterocycles. The summed E-state index contributed by atoms with van der Waals surface area (Å²) < 4.78 is 13.1. The number of carbonyl (C=O) groups is 2. The molecule has 4 aromatic rings. The van der Waals surface area contributed by atoms with E-state index in [-0.39, 0.29) is 17.6 Å². The fourth-order valence-corrected chi connectivity index (χ4v) is 4.20. The van der Waals surface area contributed by atoms with Crippen LogP contribution in [0.1, 0.15) is 20.7 Å². The molecular formula is C25H22FN5O2. The first-order valence-electron chi connectivity index (χ1n) is 10.7. The first-order valence-corrected chi connectivity index (χ1v) is 10.7. The molecular weight excluding hydrogens is 421 g/mol. The maximum absolute atomic E-state index is 13.1. The Morgan fingerprint density at radius 3 is 1.94 bits per heavy atom. The number of nitrogens with zero attached hydrogens (tertiary/aromatic N) is 3. The van der Waals surface area contributed by atoms with E-state index in [1.54, 1.807) is 9.80 Å². The lowest BCUT2D eigenvalue weighted by Gasteiger charge is -2.35. The van der Waals surface area contributed by atoms with Crippen LogP contribution < -0.4 is 5.73 Å². The highest BCUT2D eigenvalue weighted by Gasteiger charge is 2.25. The lowest BCUT2D eigenvalue weighted by molar-refractivity contribution is 0.0535. The monoisotopic (exact) mass is 443 g/mol. The van der Waals surface area contributed by atoms with Gasteiger partial charge in [-0.25, -0.2) is 4.39 Å². The molecule has 1 aliphatic heterocycles. The molecule has 5 rings (SSSR count). The van der Waals surface area contributed by atoms with E-state index in [1.165, 1.54) is 24.3 Å². The van der Waals surface area contributed by atoms with Gasteiger partial charge in [0.2, 0.25) is 0 Å². The largest absolute Gasteiger partial charge is 0.382 e. The highest BCUT2D eigenvalue weighted by atomic mass is 19.1. The number of nitrogen functional groups attached to an aromatic ring is 1. The lowest BCUT2D eigenvalue weighted by Crippen LogP contribution is -2.50. The molecule has 1 fully saturated rings. The minimum absolute atomic E-state index is 0.0727. The van der Waals surface area contributed by atoms with E-state index in [0.29, 0.717) is 43.1 Å². The molecule has 0 atom stereocenters. The van der Waals surface area contributed by atoms with E-state index in [1.807, 2.05) is 42.5 Å². The molecule has 1 aliphatic rings. The van der Waals surface area contributed by atoms with E-state index in [0.717, 1.165) is 22.0 Å². The Hall–Kier alpha value is -4.20. The minimum atomic E-state index is -0.377. The number of hydrogen-bond acceptors (Lipinski definition) is 4. The Labute approximate surface area is 189 Å². The Bertz CT molecular complexity index is 1320. The van der Waals surface area contributed by atoms with Gasteiger partial charge in [-0.2, -0.15) is 5.10 Å². The average molecular weight is 443 g/mol. The highest BCUT2D eigenvalue weighted by molar-refractivity contribution is 6.02. The number of H-pyrrole nitrogens is 1. The normalized spacial score (nSPS) is 14.0. The fraction of sp³-hybridized carbons (Fsp3) is 0.160. The molecule has 3 aromatic carbocycles. The second-order valence-corrected chi connectivity index (χ2v) is 8.01. The molecule has 33 heavy (non-hydrogen) atoms. The molecule has 2 amide bonds. The summed E-state index contributed by atoms with van der Waals surface area (Å²) in [4.78, 5) is 29.1. The smallest absolute Gasteiger partial charge is 0.253 e. The number of aromatic nitrogens is 2. The maximum atomic E-state index is 13.1. The number of nitrogens with two attached hydrogens (primary N) is 1. The summed E-state index contributed by atoms with van der Waals surface area (Å²) in [7, 11) is 0. The van der Waals surface area contributed by atoms with E-state index in [9.17, 15) is 14.0 Å². The first kappa shape index (κ1) is 20.7. The van der Waals surface area contributed by atoms with Gasteiger partial charge in [-0.1, -0.05) is 24.3 Å². The molecule has 3 N–H and O–H groups in total. The van der Waals surface area contributed by atoms with Crippen LogP contribution in [0, 0.1) is 5.82 Å². The molecule has 166 valence electrons. The van der Waals surface area contributed by atoms with Crippen molar-refractivity contribution in [3.63, 3.8) is 0 Å². The summed E-state index contributed by atoms with van der Waals surface area (Å²) in [5, 5.41) is 7.85. The van der Waals surface area contributed by atoms with Gasteiger partial charge in [0.15, 0.2) is 5.82 Å². The number of hydrogen-bond donors (Lipinski definition) is 2. The zero-order chi connectivity index (χ0) is 22.9. The summed E-state index contributed by atoms with van der Waals surface area (Å²) in [6.07, 6.45) is 0. The number of rotatable bonds is 3. The van der Waals surface area contributed by atoms with E-state index < -0.39 is 0 Å². The third kappa shape index (κ3) is 3.91. The average Bonchev–Trinajstić information content (AvgIpc) is 3.25. The first-order chi connectivity index (χ1) is 16.0. The quantitative estimate of drug-likeness (QED) is 0.506. The Morgan fingerprint density at radius 2 is 1.36 bits per heavy atom. The van der Waals surface area contributed by atoms with Gasteiger partial charge < -0.3 is 15.5 Å². The van der Waals surface area contributed by atoms with Crippen molar-refractivity contribution < 1.29 is 14.0 Å². The molecule has 2 heterocycles. The second kappa shape index (κ2) is 8.38. The van der Waals surface area contributed by atoms with E-state index >= 15 is 0 Å². The SMILES string of the molecule is Nc1n[nH]c2cccc(-c3ccc(C(=O)N4CCN(C(=O)c5ccc(F)cc5)CC4)cc3)c12. The highest BCUT2D eigenvalue weighted by Crippen LogP contribution is 2.31. The Morgan fingerprint density at radius 1 is 0.818 bits per heavy atom. The van der Waals surface area contributed by atoms with Crippen LogP contribution in [0.3, 0.4) is 0 Å². The van der Waals surface area contributed by atoms with Crippen LogP contribution >= 0.6 is 0 Å². The lowest BCUT2D eigenvalue weighted by atomic mass is 10.00. The van der Waals surface area contributed by atoms with Crippen LogP contribution in [-0.2, 0) is 0 Å². The van der Waals surface area contributed by atoms with E-state index in [2.05, 4.69) is 10.2 Å². The van der Waals surface area contributed by atoms with Crippen LogP contribution in [-0.4, -0.2) is 58.0 Å². The number of carbonyl (C=O) groups excluding carboxylic acids is 2. The Kier molecular flexibility index (Phi) is 5.26. The maximum Gasteiger partial charge on any atom is 0.253 e. The molecule has 0 saturated carbocycles. The van der Waals surface area contributed by atoms with Crippen molar-refractivity contribution in [3.8, 4) is 11.1 Å². The number of fused-ring (bicyclic) bond motifs is 1. The van der Waals surface area contributed by atoms with Gasteiger partial charge in [-0.3, -0.25) is 14.7 Å². The molecule has 0 spiro atoms. The second-order valence-electron chi connectivity index (χ2n) is 8.01. The molecule has 1 saturated heterocycles. The third-order valence-electron chi connectivity index (χ3n) is 6.01. The van der Waals surface area contributed by atoms with Crippen molar-refractivity contribution in [1.29, 1.82) is 0 Å². The number of benzene rings is 3. The van der Waals surface area contributed by atoms with Gasteiger partial charge in [0.1, 0.15) is 5.82 Å². The standard InChI is InChI=1S/C25H22FN5O2/c26-19-10-8-18(9-11-19)25(33)31-14-12-30(13-15-31)24(32)17-6-4-16(5-7-17)20-2-1-3-21-22(20)23(27)29-28-21/h1-11H,12-15H2,(H3,27,28,29). The van der Waals surface area contributed by atoms with Gasteiger partial charge in [0.05, 0.1) is 10.9 Å². The van der Waals surface area contributed by atoms with Crippen molar-refractivity contribution in [2.45, 2.75) is 0 Å². The zero-order valence-electron chi connectivity index (χ0n) is 17.8. The topological polar surface area (TPSA) is 95.3 Å². The number of nitrogens with one attached hydrogen (secondary N) is 1. The molecule has 7 nitrogen and oxygen atoms in total. The van der Waals surface area contributed by atoms with Crippen LogP contribution in [0.2, 0.25) is 0 Å². The molecule has 0 aliphatic carbocycles. The molecule has 0 unspecified atom stereocenters. The summed E-state index contributed by atoms with van der Waals surface area (Å²) in [5.41, 5.74) is 9.80. The van der Waals surface area contributed by atoms with E-state index in [4.69, 9.17) is 5.73 Å². The fourth-order valence-electron chi connectivity index (χ4n) is 4.20.